The predicted octanol–water partition coefficient (Wildman–Crippen LogP) is 2.47. The van der Waals surface area contributed by atoms with Crippen molar-refractivity contribution >= 4 is 11.8 Å². The number of rotatable bonds is 4. The summed E-state index contributed by atoms with van der Waals surface area (Å²) in [5.74, 6) is -0.824. The van der Waals surface area contributed by atoms with Crippen molar-refractivity contribution in [3.8, 4) is 0 Å². The number of pyridine rings is 1. The maximum absolute atomic E-state index is 12.4. The normalized spacial score (nSPS) is 11.2. The monoisotopic (exact) mass is 249 g/mol. The third-order valence-corrected chi connectivity index (χ3v) is 2.78. The van der Waals surface area contributed by atoms with Crippen molar-refractivity contribution in [3.05, 3.63) is 29.1 Å². The zero-order valence-electron chi connectivity index (χ0n) is 11.5. The summed E-state index contributed by atoms with van der Waals surface area (Å²) in [5, 5.41) is 0. The molecule has 0 amide bonds. The van der Waals surface area contributed by atoms with Crippen LogP contribution in [-0.4, -0.2) is 23.3 Å². The van der Waals surface area contributed by atoms with E-state index >= 15 is 0 Å². The third-order valence-electron chi connectivity index (χ3n) is 2.78. The summed E-state index contributed by atoms with van der Waals surface area (Å²) in [4.78, 5) is 28.3. The highest BCUT2D eigenvalue weighted by atomic mass is 16.5. The highest BCUT2D eigenvalue weighted by molar-refractivity contribution is 6.11. The van der Waals surface area contributed by atoms with Crippen LogP contribution in [0.25, 0.3) is 0 Å². The van der Waals surface area contributed by atoms with Crippen molar-refractivity contribution in [2.24, 2.45) is 5.41 Å². The molecule has 0 aliphatic heterocycles. The zero-order valence-corrected chi connectivity index (χ0v) is 11.5. The summed E-state index contributed by atoms with van der Waals surface area (Å²) >= 11 is 0. The van der Waals surface area contributed by atoms with E-state index in [1.54, 1.807) is 27.0 Å². The van der Waals surface area contributed by atoms with Gasteiger partial charge in [-0.1, -0.05) is 6.07 Å². The van der Waals surface area contributed by atoms with E-state index in [4.69, 9.17) is 4.74 Å². The second-order valence-electron chi connectivity index (χ2n) is 4.85. The van der Waals surface area contributed by atoms with Gasteiger partial charge in [-0.15, -0.1) is 0 Å². The van der Waals surface area contributed by atoms with Crippen molar-refractivity contribution in [1.29, 1.82) is 0 Å². The molecule has 98 valence electrons. The van der Waals surface area contributed by atoms with E-state index in [2.05, 4.69) is 4.98 Å². The molecule has 1 aromatic rings. The van der Waals surface area contributed by atoms with Crippen LogP contribution in [0.15, 0.2) is 12.3 Å². The van der Waals surface area contributed by atoms with Crippen LogP contribution in [0.3, 0.4) is 0 Å². The largest absolute Gasteiger partial charge is 0.465 e. The number of ether oxygens (including phenoxy) is 1. The summed E-state index contributed by atoms with van der Waals surface area (Å²) in [6.45, 7) is 8.82. The van der Waals surface area contributed by atoms with Crippen LogP contribution in [0, 0.1) is 19.3 Å². The predicted molar refractivity (Wildman–Crippen MR) is 68.5 cm³/mol. The Labute approximate surface area is 107 Å². The van der Waals surface area contributed by atoms with E-state index in [-0.39, 0.29) is 12.4 Å². The highest BCUT2D eigenvalue weighted by Gasteiger charge is 2.39. The van der Waals surface area contributed by atoms with Crippen molar-refractivity contribution in [2.45, 2.75) is 34.6 Å². The van der Waals surface area contributed by atoms with Gasteiger partial charge in [0, 0.05) is 6.20 Å². The molecule has 18 heavy (non-hydrogen) atoms. The number of hydrogen-bond acceptors (Lipinski definition) is 4. The van der Waals surface area contributed by atoms with Gasteiger partial charge in [-0.2, -0.15) is 0 Å². The molecule has 1 rings (SSSR count). The number of ketones is 1. The molecule has 0 bridgehead atoms. The number of Topliss-reactive ketones (excluding diaryl/α,β-unsaturated/α-hetero) is 1. The Morgan fingerprint density at radius 1 is 1.33 bits per heavy atom. The van der Waals surface area contributed by atoms with Crippen LogP contribution in [0.4, 0.5) is 0 Å². The van der Waals surface area contributed by atoms with Crippen LogP contribution in [-0.2, 0) is 9.53 Å². The first-order chi connectivity index (χ1) is 8.30. The third kappa shape index (κ3) is 2.75. The second kappa shape index (κ2) is 5.29. The molecule has 0 fully saturated rings. The summed E-state index contributed by atoms with van der Waals surface area (Å²) < 4.78 is 4.93. The second-order valence-corrected chi connectivity index (χ2v) is 4.85. The first-order valence-corrected chi connectivity index (χ1v) is 5.96. The summed E-state index contributed by atoms with van der Waals surface area (Å²) in [5.41, 5.74) is 0.886. The lowest BCUT2D eigenvalue weighted by Crippen LogP contribution is -2.36. The molecule has 0 aliphatic carbocycles. The Bertz CT molecular complexity index is 478. The topological polar surface area (TPSA) is 56.3 Å². The van der Waals surface area contributed by atoms with Crippen molar-refractivity contribution in [3.63, 3.8) is 0 Å². The lowest BCUT2D eigenvalue weighted by Gasteiger charge is -2.21. The molecule has 0 unspecified atom stereocenters. The minimum atomic E-state index is -1.21. The van der Waals surface area contributed by atoms with Gasteiger partial charge in [-0.3, -0.25) is 14.6 Å². The van der Waals surface area contributed by atoms with Gasteiger partial charge in [-0.05, 0) is 45.7 Å². The Morgan fingerprint density at radius 3 is 2.44 bits per heavy atom. The first kappa shape index (κ1) is 14.4. The van der Waals surface area contributed by atoms with Gasteiger partial charge in [0.05, 0.1) is 6.61 Å². The summed E-state index contributed by atoms with van der Waals surface area (Å²) in [6, 6.07) is 1.88. The SMILES string of the molecule is CCOC(=O)C(C)(C)C(=O)c1ncc(C)cc1C. The van der Waals surface area contributed by atoms with Gasteiger partial charge in [-0.25, -0.2) is 0 Å². The maximum Gasteiger partial charge on any atom is 0.319 e. The standard InChI is InChI=1S/C14H19NO3/c1-6-18-13(17)14(4,5)12(16)11-10(3)7-9(2)8-15-11/h7-8H,6H2,1-5H3. The molecule has 1 aromatic heterocycles. The number of hydrogen-bond donors (Lipinski definition) is 0. The molecule has 0 saturated heterocycles. The lowest BCUT2D eigenvalue weighted by molar-refractivity contribution is -0.150. The van der Waals surface area contributed by atoms with E-state index in [1.807, 2.05) is 19.9 Å². The van der Waals surface area contributed by atoms with Crippen molar-refractivity contribution in [2.75, 3.05) is 6.61 Å². The molecule has 0 aromatic carbocycles. The van der Waals surface area contributed by atoms with E-state index in [0.717, 1.165) is 11.1 Å². The number of nitrogens with zero attached hydrogens (tertiary/aromatic N) is 1. The van der Waals surface area contributed by atoms with Gasteiger partial charge in [0.2, 0.25) is 0 Å². The minimum absolute atomic E-state index is 0.260. The molecule has 0 aliphatic rings. The van der Waals surface area contributed by atoms with Gasteiger partial charge in [0.25, 0.3) is 0 Å². The number of carbonyl (C=O) groups is 2. The fraction of sp³-hybridized carbons (Fsp3) is 0.500. The van der Waals surface area contributed by atoms with Crippen LogP contribution < -0.4 is 0 Å². The fourth-order valence-corrected chi connectivity index (χ4v) is 1.65. The van der Waals surface area contributed by atoms with E-state index in [9.17, 15) is 9.59 Å². The van der Waals surface area contributed by atoms with Gasteiger partial charge < -0.3 is 4.74 Å². The van der Waals surface area contributed by atoms with E-state index in [0.29, 0.717) is 5.69 Å². The molecular formula is C14H19NO3. The average molecular weight is 249 g/mol. The van der Waals surface area contributed by atoms with Crippen LogP contribution >= 0.6 is 0 Å². The van der Waals surface area contributed by atoms with Crippen molar-refractivity contribution < 1.29 is 14.3 Å². The van der Waals surface area contributed by atoms with E-state index < -0.39 is 11.4 Å². The van der Waals surface area contributed by atoms with Crippen LogP contribution in [0.5, 0.6) is 0 Å². The lowest BCUT2D eigenvalue weighted by atomic mass is 9.85. The molecule has 4 heteroatoms. The van der Waals surface area contributed by atoms with Gasteiger partial charge in [0.1, 0.15) is 11.1 Å². The molecule has 4 nitrogen and oxygen atoms in total. The van der Waals surface area contributed by atoms with E-state index in [1.165, 1.54) is 0 Å². The number of aromatic nitrogens is 1. The Morgan fingerprint density at radius 2 is 1.94 bits per heavy atom. The first-order valence-electron chi connectivity index (χ1n) is 5.96. The zero-order chi connectivity index (χ0) is 13.9. The molecule has 0 saturated carbocycles. The molecule has 1 heterocycles. The Kier molecular flexibility index (Phi) is 4.22. The summed E-state index contributed by atoms with van der Waals surface area (Å²) in [6.07, 6.45) is 1.63. The number of esters is 1. The van der Waals surface area contributed by atoms with Crippen LogP contribution in [0.2, 0.25) is 0 Å². The average Bonchev–Trinajstić information content (AvgIpc) is 2.28. The quantitative estimate of drug-likeness (QED) is 0.467. The number of aryl methyl sites for hydroxylation is 2. The fourth-order valence-electron chi connectivity index (χ4n) is 1.65. The smallest absolute Gasteiger partial charge is 0.319 e. The molecular weight excluding hydrogens is 230 g/mol. The van der Waals surface area contributed by atoms with Gasteiger partial charge >= 0.3 is 5.97 Å². The molecule has 0 radical (unpaired) electrons. The number of carbonyl (C=O) groups excluding carboxylic acids is 2. The Balaban J connectivity index is 3.09. The molecule has 0 spiro atoms. The van der Waals surface area contributed by atoms with Gasteiger partial charge in [0.15, 0.2) is 5.78 Å². The maximum atomic E-state index is 12.4. The minimum Gasteiger partial charge on any atom is -0.465 e. The Hall–Kier alpha value is -1.71. The molecule has 0 atom stereocenters. The molecule has 0 N–H and O–H groups in total. The highest BCUT2D eigenvalue weighted by Crippen LogP contribution is 2.24. The van der Waals surface area contributed by atoms with Crippen molar-refractivity contribution in [1.82, 2.24) is 4.98 Å². The summed E-state index contributed by atoms with van der Waals surface area (Å²) in [7, 11) is 0. The van der Waals surface area contributed by atoms with Crippen LogP contribution in [0.1, 0.15) is 42.4 Å².